The molecule has 0 heterocycles. The van der Waals surface area contributed by atoms with Gasteiger partial charge in [-0.3, -0.25) is 0 Å². The predicted molar refractivity (Wildman–Crippen MR) is 50.5 cm³/mol. The molecule has 0 spiro atoms. The van der Waals surface area contributed by atoms with Gasteiger partial charge in [0.2, 0.25) is 0 Å². The molecule has 84 valence electrons. The summed E-state index contributed by atoms with van der Waals surface area (Å²) >= 11 is 0. The van der Waals surface area contributed by atoms with Crippen LogP contribution < -0.4 is 11.1 Å². The molecule has 1 fully saturated rings. The SMILES string of the molecule is NC1(CNCCOCC(F)F)CCC1. The third-order valence-corrected chi connectivity index (χ3v) is 2.49. The summed E-state index contributed by atoms with van der Waals surface area (Å²) < 4.78 is 28.0. The second kappa shape index (κ2) is 5.58. The first-order valence-electron chi connectivity index (χ1n) is 4.98. The minimum absolute atomic E-state index is 0.0529. The monoisotopic (exact) mass is 208 g/mol. The summed E-state index contributed by atoms with van der Waals surface area (Å²) in [5.74, 6) is 0. The number of rotatable bonds is 7. The van der Waals surface area contributed by atoms with E-state index in [2.05, 4.69) is 5.32 Å². The molecule has 0 aromatic carbocycles. The predicted octanol–water partition coefficient (Wildman–Crippen LogP) is 0.739. The highest BCUT2D eigenvalue weighted by molar-refractivity contribution is 4.94. The van der Waals surface area contributed by atoms with Crippen molar-refractivity contribution >= 4 is 0 Å². The van der Waals surface area contributed by atoms with Gasteiger partial charge in [0.1, 0.15) is 6.61 Å². The van der Waals surface area contributed by atoms with E-state index in [1.54, 1.807) is 0 Å². The Balaban J connectivity index is 1.84. The van der Waals surface area contributed by atoms with Gasteiger partial charge in [0.25, 0.3) is 6.43 Å². The van der Waals surface area contributed by atoms with Crippen molar-refractivity contribution in [2.24, 2.45) is 5.73 Å². The van der Waals surface area contributed by atoms with Crippen molar-refractivity contribution < 1.29 is 13.5 Å². The van der Waals surface area contributed by atoms with Crippen molar-refractivity contribution in [3.05, 3.63) is 0 Å². The van der Waals surface area contributed by atoms with E-state index in [4.69, 9.17) is 10.5 Å². The zero-order chi connectivity index (χ0) is 10.4. The molecular weight excluding hydrogens is 190 g/mol. The fraction of sp³-hybridized carbons (Fsp3) is 1.00. The van der Waals surface area contributed by atoms with E-state index < -0.39 is 13.0 Å². The van der Waals surface area contributed by atoms with E-state index in [9.17, 15) is 8.78 Å². The second-order valence-electron chi connectivity index (χ2n) is 3.86. The maximum atomic E-state index is 11.6. The largest absolute Gasteiger partial charge is 0.374 e. The van der Waals surface area contributed by atoms with Crippen molar-refractivity contribution in [3.63, 3.8) is 0 Å². The standard InChI is InChI=1S/C9H18F2N2O/c10-8(11)6-14-5-4-13-7-9(12)2-1-3-9/h8,13H,1-7,12H2. The van der Waals surface area contributed by atoms with Crippen LogP contribution in [0.3, 0.4) is 0 Å². The average molecular weight is 208 g/mol. The molecule has 0 bridgehead atoms. The molecule has 5 heteroatoms. The summed E-state index contributed by atoms with van der Waals surface area (Å²) in [6, 6.07) is 0. The summed E-state index contributed by atoms with van der Waals surface area (Å²) in [6.45, 7) is 1.19. The number of ether oxygens (including phenoxy) is 1. The molecule has 0 aliphatic heterocycles. The summed E-state index contributed by atoms with van der Waals surface area (Å²) in [4.78, 5) is 0. The summed E-state index contributed by atoms with van der Waals surface area (Å²) in [7, 11) is 0. The van der Waals surface area contributed by atoms with Crippen molar-refractivity contribution in [1.29, 1.82) is 0 Å². The highest BCUT2D eigenvalue weighted by atomic mass is 19.3. The van der Waals surface area contributed by atoms with Gasteiger partial charge < -0.3 is 15.8 Å². The maximum Gasteiger partial charge on any atom is 0.261 e. The topological polar surface area (TPSA) is 47.3 Å². The molecule has 14 heavy (non-hydrogen) atoms. The average Bonchev–Trinajstić information content (AvgIpc) is 2.07. The molecule has 0 saturated heterocycles. The summed E-state index contributed by atoms with van der Waals surface area (Å²) in [5.41, 5.74) is 5.89. The van der Waals surface area contributed by atoms with Gasteiger partial charge in [0, 0.05) is 18.6 Å². The molecule has 0 aromatic rings. The van der Waals surface area contributed by atoms with Gasteiger partial charge in [-0.25, -0.2) is 8.78 Å². The van der Waals surface area contributed by atoms with E-state index in [1.807, 2.05) is 0 Å². The Morgan fingerprint density at radius 2 is 2.14 bits per heavy atom. The molecule has 0 atom stereocenters. The quantitative estimate of drug-likeness (QED) is 0.607. The molecule has 1 aliphatic carbocycles. The Morgan fingerprint density at radius 3 is 2.64 bits per heavy atom. The van der Waals surface area contributed by atoms with E-state index in [-0.39, 0.29) is 5.54 Å². The molecule has 1 rings (SSSR count). The van der Waals surface area contributed by atoms with Crippen LogP contribution >= 0.6 is 0 Å². The molecule has 1 saturated carbocycles. The lowest BCUT2D eigenvalue weighted by Gasteiger charge is -2.38. The summed E-state index contributed by atoms with van der Waals surface area (Å²) in [5, 5.41) is 3.11. The normalized spacial score (nSPS) is 19.7. The van der Waals surface area contributed by atoms with Gasteiger partial charge in [-0.15, -0.1) is 0 Å². The van der Waals surface area contributed by atoms with Gasteiger partial charge in [0.05, 0.1) is 6.61 Å². The Bertz CT molecular complexity index is 163. The van der Waals surface area contributed by atoms with Crippen LogP contribution in [-0.4, -0.2) is 38.3 Å². The Morgan fingerprint density at radius 1 is 1.43 bits per heavy atom. The lowest BCUT2D eigenvalue weighted by atomic mass is 9.78. The number of halogens is 2. The smallest absolute Gasteiger partial charge is 0.261 e. The zero-order valence-corrected chi connectivity index (χ0v) is 8.27. The number of nitrogens with one attached hydrogen (secondary N) is 1. The van der Waals surface area contributed by atoms with E-state index in [0.717, 1.165) is 19.4 Å². The Kier molecular flexibility index (Phi) is 4.71. The molecule has 0 aromatic heterocycles. The molecule has 1 aliphatic rings. The van der Waals surface area contributed by atoms with Crippen LogP contribution in [0.5, 0.6) is 0 Å². The first kappa shape index (κ1) is 11.8. The maximum absolute atomic E-state index is 11.6. The van der Waals surface area contributed by atoms with Crippen LogP contribution in [0.15, 0.2) is 0 Å². The van der Waals surface area contributed by atoms with Crippen LogP contribution in [-0.2, 0) is 4.74 Å². The molecule has 0 radical (unpaired) electrons. The van der Waals surface area contributed by atoms with Crippen LogP contribution in [0.1, 0.15) is 19.3 Å². The zero-order valence-electron chi connectivity index (χ0n) is 8.27. The molecular formula is C9H18F2N2O. The van der Waals surface area contributed by atoms with E-state index >= 15 is 0 Å². The molecule has 0 unspecified atom stereocenters. The fourth-order valence-electron chi connectivity index (χ4n) is 1.46. The highest BCUT2D eigenvalue weighted by Gasteiger charge is 2.31. The van der Waals surface area contributed by atoms with Crippen LogP contribution in [0.25, 0.3) is 0 Å². The van der Waals surface area contributed by atoms with Crippen LogP contribution in [0, 0.1) is 0 Å². The lowest BCUT2D eigenvalue weighted by molar-refractivity contribution is 0.0182. The first-order valence-corrected chi connectivity index (χ1v) is 4.98. The fourth-order valence-corrected chi connectivity index (χ4v) is 1.46. The van der Waals surface area contributed by atoms with Crippen molar-refractivity contribution in [2.45, 2.75) is 31.2 Å². The van der Waals surface area contributed by atoms with Gasteiger partial charge in [-0.05, 0) is 19.3 Å². The van der Waals surface area contributed by atoms with Gasteiger partial charge in [-0.2, -0.15) is 0 Å². The Labute approximate surface area is 83.0 Å². The van der Waals surface area contributed by atoms with Crippen LogP contribution in [0.2, 0.25) is 0 Å². The third-order valence-electron chi connectivity index (χ3n) is 2.49. The molecule has 3 nitrogen and oxygen atoms in total. The van der Waals surface area contributed by atoms with Crippen LogP contribution in [0.4, 0.5) is 8.78 Å². The van der Waals surface area contributed by atoms with Gasteiger partial charge in [-0.1, -0.05) is 0 Å². The summed E-state index contributed by atoms with van der Waals surface area (Å²) in [6.07, 6.45) is 0.929. The highest BCUT2D eigenvalue weighted by Crippen LogP contribution is 2.27. The first-order chi connectivity index (χ1) is 6.62. The minimum atomic E-state index is -2.37. The number of alkyl halides is 2. The third kappa shape index (κ3) is 4.30. The molecule has 0 amide bonds. The van der Waals surface area contributed by atoms with Gasteiger partial charge in [0.15, 0.2) is 0 Å². The number of nitrogens with two attached hydrogens (primary N) is 1. The van der Waals surface area contributed by atoms with Crippen molar-refractivity contribution in [1.82, 2.24) is 5.32 Å². The van der Waals surface area contributed by atoms with Crippen molar-refractivity contribution in [2.75, 3.05) is 26.3 Å². The van der Waals surface area contributed by atoms with Crippen molar-refractivity contribution in [3.8, 4) is 0 Å². The number of hydrogen-bond donors (Lipinski definition) is 2. The number of hydrogen-bond acceptors (Lipinski definition) is 3. The second-order valence-corrected chi connectivity index (χ2v) is 3.86. The lowest BCUT2D eigenvalue weighted by Crippen LogP contribution is -2.54. The van der Waals surface area contributed by atoms with Gasteiger partial charge >= 0.3 is 0 Å². The van der Waals surface area contributed by atoms with E-state index in [0.29, 0.717) is 13.2 Å². The molecule has 3 N–H and O–H groups in total. The van der Waals surface area contributed by atoms with E-state index in [1.165, 1.54) is 6.42 Å². The Hall–Kier alpha value is -0.260. The minimum Gasteiger partial charge on any atom is -0.374 e.